The highest BCUT2D eigenvalue weighted by atomic mass is 32.1. The predicted octanol–water partition coefficient (Wildman–Crippen LogP) is 6.95. The van der Waals surface area contributed by atoms with Crippen molar-refractivity contribution in [3.05, 3.63) is 64.4 Å². The molecule has 3 fully saturated rings. The van der Waals surface area contributed by atoms with Gasteiger partial charge in [-0.15, -0.1) is 0 Å². The second kappa shape index (κ2) is 9.75. The van der Waals surface area contributed by atoms with Gasteiger partial charge in [0.1, 0.15) is 11.5 Å². The zero-order valence-electron chi connectivity index (χ0n) is 22.6. The standard InChI is InChI=1S/C31H33N3O4S/c1-17-6-4-5-7-24(17)28-25(29(38-33-28)19-8-9-19)16-37-23-14-21-10-11-22(15-23)34(21)31-32-27-18(2)12-20(30(35)36-3)13-26(27)39-31/h4-7,12-13,19,21-23H,8-11,14-16H2,1-3H3/t21-,22+,23?. The zero-order chi connectivity index (χ0) is 26.7. The monoisotopic (exact) mass is 543 g/mol. The molecule has 3 atom stereocenters. The number of ether oxygens (including phenoxy) is 2. The molecule has 7 rings (SSSR count). The Morgan fingerprint density at radius 1 is 1.08 bits per heavy atom. The van der Waals surface area contributed by atoms with E-state index in [1.807, 2.05) is 19.1 Å². The van der Waals surface area contributed by atoms with E-state index in [2.05, 4.69) is 41.2 Å². The molecule has 0 spiro atoms. The highest BCUT2D eigenvalue weighted by Crippen LogP contribution is 2.46. The van der Waals surface area contributed by atoms with Gasteiger partial charge in [0.25, 0.3) is 0 Å². The molecule has 202 valence electrons. The van der Waals surface area contributed by atoms with Gasteiger partial charge in [-0.2, -0.15) is 0 Å². The summed E-state index contributed by atoms with van der Waals surface area (Å²) in [6, 6.07) is 13.0. The highest BCUT2D eigenvalue weighted by Gasteiger charge is 2.43. The Labute approximate surface area is 232 Å². The van der Waals surface area contributed by atoms with E-state index in [1.54, 1.807) is 11.3 Å². The van der Waals surface area contributed by atoms with Crippen LogP contribution in [-0.4, -0.2) is 41.4 Å². The van der Waals surface area contributed by atoms with Gasteiger partial charge in [-0.25, -0.2) is 9.78 Å². The molecule has 7 nitrogen and oxygen atoms in total. The van der Waals surface area contributed by atoms with Gasteiger partial charge >= 0.3 is 5.97 Å². The van der Waals surface area contributed by atoms with Crippen molar-refractivity contribution in [1.29, 1.82) is 0 Å². The molecular weight excluding hydrogens is 510 g/mol. The van der Waals surface area contributed by atoms with Gasteiger partial charge in [0.2, 0.25) is 0 Å². The van der Waals surface area contributed by atoms with Crippen LogP contribution in [0.4, 0.5) is 5.13 Å². The lowest BCUT2D eigenvalue weighted by atomic mass is 9.99. The van der Waals surface area contributed by atoms with Crippen LogP contribution in [0.15, 0.2) is 40.9 Å². The van der Waals surface area contributed by atoms with Gasteiger partial charge < -0.3 is 18.9 Å². The molecule has 1 unspecified atom stereocenters. The molecule has 39 heavy (non-hydrogen) atoms. The van der Waals surface area contributed by atoms with Crippen LogP contribution < -0.4 is 4.90 Å². The second-order valence-electron chi connectivity index (χ2n) is 11.3. The Balaban J connectivity index is 1.10. The van der Waals surface area contributed by atoms with Crippen molar-refractivity contribution in [3.8, 4) is 11.3 Å². The molecule has 2 aromatic heterocycles. The number of fused-ring (bicyclic) bond motifs is 3. The maximum Gasteiger partial charge on any atom is 0.337 e. The molecule has 4 heterocycles. The van der Waals surface area contributed by atoms with E-state index in [1.165, 1.54) is 25.5 Å². The Morgan fingerprint density at radius 3 is 2.56 bits per heavy atom. The van der Waals surface area contributed by atoms with Crippen LogP contribution in [0.5, 0.6) is 0 Å². The van der Waals surface area contributed by atoms with Crippen molar-refractivity contribution in [3.63, 3.8) is 0 Å². The molecule has 4 aromatic rings. The second-order valence-corrected chi connectivity index (χ2v) is 12.3. The number of aromatic nitrogens is 2. The summed E-state index contributed by atoms with van der Waals surface area (Å²) >= 11 is 1.68. The third kappa shape index (κ3) is 4.43. The third-order valence-electron chi connectivity index (χ3n) is 8.64. The Kier molecular flexibility index (Phi) is 6.20. The summed E-state index contributed by atoms with van der Waals surface area (Å²) in [6.45, 7) is 4.68. The molecule has 3 aliphatic rings. The van der Waals surface area contributed by atoms with Crippen molar-refractivity contribution < 1.29 is 18.8 Å². The first kappa shape index (κ1) is 24.8. The number of nitrogens with zero attached hydrogens (tertiary/aromatic N) is 3. The number of carbonyl (C=O) groups is 1. The molecule has 2 bridgehead atoms. The third-order valence-corrected chi connectivity index (χ3v) is 9.65. The molecule has 1 aliphatic carbocycles. The quantitative estimate of drug-likeness (QED) is 0.233. The zero-order valence-corrected chi connectivity index (χ0v) is 23.4. The number of esters is 1. The topological polar surface area (TPSA) is 77.7 Å². The summed E-state index contributed by atoms with van der Waals surface area (Å²) in [5, 5.41) is 5.57. The number of piperidine rings is 1. The van der Waals surface area contributed by atoms with Gasteiger partial charge in [-0.05, 0) is 75.6 Å². The first-order valence-electron chi connectivity index (χ1n) is 13.9. The van der Waals surface area contributed by atoms with E-state index < -0.39 is 0 Å². The number of rotatable bonds is 7. The Morgan fingerprint density at radius 2 is 1.85 bits per heavy atom. The lowest BCUT2D eigenvalue weighted by Crippen LogP contribution is -2.45. The molecule has 0 radical (unpaired) electrons. The predicted molar refractivity (Wildman–Crippen MR) is 151 cm³/mol. The van der Waals surface area contributed by atoms with Crippen molar-refractivity contribution in [1.82, 2.24) is 10.1 Å². The number of hydrogen-bond acceptors (Lipinski definition) is 8. The van der Waals surface area contributed by atoms with Gasteiger partial charge in [0, 0.05) is 29.1 Å². The number of thiazole rings is 1. The summed E-state index contributed by atoms with van der Waals surface area (Å²) in [4.78, 5) is 19.7. The minimum Gasteiger partial charge on any atom is -0.465 e. The smallest absolute Gasteiger partial charge is 0.337 e. The van der Waals surface area contributed by atoms with Crippen molar-refractivity contribution in [2.24, 2.45) is 0 Å². The Bertz CT molecular complexity index is 1540. The summed E-state index contributed by atoms with van der Waals surface area (Å²) in [5.74, 6) is 1.19. The van der Waals surface area contributed by atoms with Crippen molar-refractivity contribution >= 4 is 32.7 Å². The van der Waals surface area contributed by atoms with E-state index in [0.29, 0.717) is 30.2 Å². The van der Waals surface area contributed by atoms with Crippen LogP contribution >= 0.6 is 11.3 Å². The van der Waals surface area contributed by atoms with E-state index in [0.717, 1.165) is 69.2 Å². The molecule has 0 N–H and O–H groups in total. The Hall–Kier alpha value is -3.23. The fraction of sp³-hybridized carbons (Fsp3) is 0.452. The number of methoxy groups -OCH3 is 1. The van der Waals surface area contributed by atoms with Crippen LogP contribution in [0.25, 0.3) is 21.5 Å². The maximum absolute atomic E-state index is 12.1. The average Bonchev–Trinajstić information content (AvgIpc) is 3.45. The van der Waals surface area contributed by atoms with E-state index in [4.69, 9.17) is 19.0 Å². The van der Waals surface area contributed by atoms with E-state index in [-0.39, 0.29) is 12.1 Å². The minimum atomic E-state index is -0.309. The lowest BCUT2D eigenvalue weighted by Gasteiger charge is -2.38. The first-order valence-corrected chi connectivity index (χ1v) is 14.8. The summed E-state index contributed by atoms with van der Waals surface area (Å²) in [5.41, 5.74) is 6.96. The highest BCUT2D eigenvalue weighted by molar-refractivity contribution is 7.22. The van der Waals surface area contributed by atoms with E-state index >= 15 is 0 Å². The normalized spacial score (nSPS) is 22.5. The fourth-order valence-corrected chi connectivity index (χ4v) is 7.71. The minimum absolute atomic E-state index is 0.201. The largest absolute Gasteiger partial charge is 0.465 e. The van der Waals surface area contributed by atoms with Crippen molar-refractivity contribution in [2.45, 2.75) is 83.1 Å². The van der Waals surface area contributed by atoms with Crippen LogP contribution in [-0.2, 0) is 16.1 Å². The maximum atomic E-state index is 12.1. The number of anilines is 1. The number of hydrogen-bond donors (Lipinski definition) is 0. The lowest BCUT2D eigenvalue weighted by molar-refractivity contribution is 0.0147. The van der Waals surface area contributed by atoms with Crippen molar-refractivity contribution in [2.75, 3.05) is 12.0 Å². The van der Waals surface area contributed by atoms with Crippen LogP contribution in [0, 0.1) is 13.8 Å². The molecule has 1 saturated carbocycles. The van der Waals surface area contributed by atoms with Gasteiger partial charge in [0.15, 0.2) is 5.13 Å². The average molecular weight is 544 g/mol. The molecule has 2 aromatic carbocycles. The van der Waals surface area contributed by atoms with Gasteiger partial charge in [-0.1, -0.05) is 40.8 Å². The molecular formula is C31H33N3O4S. The van der Waals surface area contributed by atoms with E-state index in [9.17, 15) is 4.79 Å². The number of aryl methyl sites for hydroxylation is 2. The molecule has 8 heteroatoms. The molecule has 2 aliphatic heterocycles. The summed E-state index contributed by atoms with van der Waals surface area (Å²) in [6.07, 6.45) is 6.82. The van der Waals surface area contributed by atoms with Crippen LogP contribution in [0.1, 0.15) is 77.3 Å². The molecule has 0 amide bonds. The first-order chi connectivity index (χ1) is 19.0. The van der Waals surface area contributed by atoms with Crippen LogP contribution in [0.3, 0.4) is 0 Å². The SMILES string of the molecule is COC(=O)c1cc(C)c2nc(N3[C@@H]4CC[C@H]3CC(OCc3c(-c5ccccc5C)noc3C3CC3)C4)sc2c1. The van der Waals surface area contributed by atoms with Gasteiger partial charge in [0.05, 0.1) is 35.6 Å². The number of benzene rings is 2. The fourth-order valence-electron chi connectivity index (χ4n) is 6.49. The van der Waals surface area contributed by atoms with Crippen LogP contribution in [0.2, 0.25) is 0 Å². The number of carbonyl (C=O) groups excluding carboxylic acids is 1. The summed E-state index contributed by atoms with van der Waals surface area (Å²) in [7, 11) is 1.42. The molecule has 2 saturated heterocycles. The van der Waals surface area contributed by atoms with Gasteiger partial charge in [-0.3, -0.25) is 0 Å². The summed E-state index contributed by atoms with van der Waals surface area (Å²) < 4.78 is 18.5.